The molecule has 1 aromatic heterocycles. The van der Waals surface area contributed by atoms with E-state index in [9.17, 15) is 9.59 Å². The van der Waals surface area contributed by atoms with Crippen molar-refractivity contribution in [3.05, 3.63) is 83.2 Å². The zero-order chi connectivity index (χ0) is 19.4. The maximum atomic E-state index is 12.4. The number of anilines is 3. The summed E-state index contributed by atoms with van der Waals surface area (Å²) < 4.78 is 0. The summed E-state index contributed by atoms with van der Waals surface area (Å²) in [5, 5.41) is 6.10. The third-order valence-corrected chi connectivity index (χ3v) is 4.43. The molecule has 27 heavy (non-hydrogen) atoms. The highest BCUT2D eigenvalue weighted by molar-refractivity contribution is 6.03. The van der Waals surface area contributed by atoms with E-state index in [0.717, 1.165) is 28.2 Å². The monoisotopic (exact) mass is 359 g/mol. The first kappa shape index (κ1) is 18.3. The van der Waals surface area contributed by atoms with E-state index in [1.807, 2.05) is 44.2 Å². The second-order valence-corrected chi connectivity index (χ2v) is 6.39. The van der Waals surface area contributed by atoms with Crippen LogP contribution in [-0.2, 0) is 0 Å². The minimum absolute atomic E-state index is 0.0300. The summed E-state index contributed by atoms with van der Waals surface area (Å²) in [6.45, 7) is 5.52. The maximum absolute atomic E-state index is 12.4. The number of benzene rings is 2. The van der Waals surface area contributed by atoms with Crippen LogP contribution in [-0.4, -0.2) is 16.7 Å². The Kier molecular flexibility index (Phi) is 5.31. The molecule has 1 heterocycles. The fourth-order valence-corrected chi connectivity index (χ4v) is 2.63. The molecule has 5 heteroatoms. The Morgan fingerprint density at radius 3 is 2.22 bits per heavy atom. The largest absolute Gasteiger partial charge is 0.354 e. The number of rotatable bonds is 5. The van der Waals surface area contributed by atoms with Crippen molar-refractivity contribution in [3.63, 3.8) is 0 Å². The Morgan fingerprint density at radius 1 is 0.889 bits per heavy atom. The quantitative estimate of drug-likeness (QED) is 0.636. The summed E-state index contributed by atoms with van der Waals surface area (Å²) in [6, 6.07) is 16.5. The van der Waals surface area contributed by atoms with Gasteiger partial charge in [0, 0.05) is 16.9 Å². The van der Waals surface area contributed by atoms with Crippen LogP contribution in [0.25, 0.3) is 0 Å². The first-order valence-electron chi connectivity index (χ1n) is 8.65. The zero-order valence-electron chi connectivity index (χ0n) is 15.5. The number of pyridine rings is 1. The van der Waals surface area contributed by atoms with Gasteiger partial charge < -0.3 is 10.6 Å². The van der Waals surface area contributed by atoms with Crippen LogP contribution in [0.5, 0.6) is 0 Å². The van der Waals surface area contributed by atoms with Gasteiger partial charge in [-0.15, -0.1) is 0 Å². The number of hydrogen-bond donors (Lipinski definition) is 2. The highest BCUT2D eigenvalue weighted by Gasteiger charge is 2.10. The van der Waals surface area contributed by atoms with Crippen LogP contribution in [0.3, 0.4) is 0 Å². The third kappa shape index (κ3) is 4.39. The molecular formula is C22H21N3O2. The molecule has 2 N–H and O–H groups in total. The lowest BCUT2D eigenvalue weighted by Gasteiger charge is -2.11. The number of carbonyl (C=O) groups excluding carboxylic acids is 2. The van der Waals surface area contributed by atoms with Crippen molar-refractivity contribution in [2.24, 2.45) is 0 Å². The van der Waals surface area contributed by atoms with Gasteiger partial charge in [0.1, 0.15) is 5.69 Å². The van der Waals surface area contributed by atoms with E-state index < -0.39 is 0 Å². The Hall–Kier alpha value is -3.47. The Labute approximate surface area is 158 Å². The lowest BCUT2D eigenvalue weighted by atomic mass is 10.1. The summed E-state index contributed by atoms with van der Waals surface area (Å²) in [7, 11) is 0. The Bertz CT molecular complexity index is 977. The second-order valence-electron chi connectivity index (χ2n) is 6.39. The van der Waals surface area contributed by atoms with Gasteiger partial charge in [0.25, 0.3) is 5.91 Å². The van der Waals surface area contributed by atoms with Gasteiger partial charge in [-0.1, -0.05) is 12.1 Å². The molecule has 3 aromatic rings. The first-order valence-corrected chi connectivity index (χ1v) is 8.65. The van der Waals surface area contributed by atoms with Gasteiger partial charge >= 0.3 is 0 Å². The molecule has 0 saturated carbocycles. The molecule has 3 rings (SSSR count). The van der Waals surface area contributed by atoms with Crippen LogP contribution >= 0.6 is 0 Å². The van der Waals surface area contributed by atoms with Crippen molar-refractivity contribution in [3.8, 4) is 0 Å². The predicted octanol–water partition coefficient (Wildman–Crippen LogP) is 4.90. The topological polar surface area (TPSA) is 71.1 Å². The number of Topliss-reactive ketones (excluding diaryl/α,β-unsaturated/α-hetero) is 1. The SMILES string of the molecule is CC(=O)c1ccc(Nc2ccc(C(=O)Nc3cccc(C)c3C)nc2)cc1. The second kappa shape index (κ2) is 7.83. The number of nitrogens with zero attached hydrogens (tertiary/aromatic N) is 1. The normalized spacial score (nSPS) is 10.3. The Balaban J connectivity index is 1.68. The van der Waals surface area contributed by atoms with Crippen LogP contribution in [0, 0.1) is 13.8 Å². The van der Waals surface area contributed by atoms with Gasteiger partial charge in [-0.25, -0.2) is 4.98 Å². The van der Waals surface area contributed by atoms with E-state index in [2.05, 4.69) is 15.6 Å². The van der Waals surface area contributed by atoms with Crippen LogP contribution in [0.1, 0.15) is 38.9 Å². The molecule has 0 spiro atoms. The molecule has 1 amide bonds. The van der Waals surface area contributed by atoms with Crippen molar-refractivity contribution in [2.45, 2.75) is 20.8 Å². The van der Waals surface area contributed by atoms with Crippen LogP contribution in [0.15, 0.2) is 60.8 Å². The molecule has 0 aliphatic heterocycles. The van der Waals surface area contributed by atoms with E-state index >= 15 is 0 Å². The molecule has 0 unspecified atom stereocenters. The number of nitrogens with one attached hydrogen (secondary N) is 2. The lowest BCUT2D eigenvalue weighted by Crippen LogP contribution is -2.14. The van der Waals surface area contributed by atoms with Gasteiger partial charge in [0.05, 0.1) is 11.9 Å². The fraction of sp³-hybridized carbons (Fsp3) is 0.136. The third-order valence-electron chi connectivity index (χ3n) is 4.43. The number of carbonyl (C=O) groups is 2. The number of aryl methyl sites for hydroxylation is 1. The van der Waals surface area contributed by atoms with Crippen molar-refractivity contribution >= 4 is 28.8 Å². The van der Waals surface area contributed by atoms with Gasteiger partial charge in [0.15, 0.2) is 5.78 Å². The summed E-state index contributed by atoms with van der Waals surface area (Å²) in [5.74, 6) is -0.219. The van der Waals surface area contributed by atoms with E-state index in [-0.39, 0.29) is 11.7 Å². The van der Waals surface area contributed by atoms with Crippen LogP contribution in [0.4, 0.5) is 17.1 Å². The number of ketones is 1. The molecule has 136 valence electrons. The standard InChI is InChI=1S/C22H21N3O2/c1-14-5-4-6-20(15(14)2)25-22(27)21-12-11-19(13-23-21)24-18-9-7-17(8-10-18)16(3)26/h4-13,24H,1-3H3,(H,25,27). The lowest BCUT2D eigenvalue weighted by molar-refractivity contribution is 0.101. The molecular weight excluding hydrogens is 338 g/mol. The number of aromatic nitrogens is 1. The molecule has 0 aliphatic rings. The van der Waals surface area contributed by atoms with Crippen molar-refractivity contribution in [2.75, 3.05) is 10.6 Å². The number of hydrogen-bond acceptors (Lipinski definition) is 4. The summed E-state index contributed by atoms with van der Waals surface area (Å²) >= 11 is 0. The van der Waals surface area contributed by atoms with Crippen LogP contribution in [0.2, 0.25) is 0 Å². The molecule has 0 bridgehead atoms. The predicted molar refractivity (Wildman–Crippen MR) is 108 cm³/mol. The van der Waals surface area contributed by atoms with Gasteiger partial charge in [0.2, 0.25) is 0 Å². The van der Waals surface area contributed by atoms with Crippen molar-refractivity contribution in [1.29, 1.82) is 0 Å². The minimum Gasteiger partial charge on any atom is -0.354 e. The molecule has 0 fully saturated rings. The van der Waals surface area contributed by atoms with E-state index in [0.29, 0.717) is 11.3 Å². The average Bonchev–Trinajstić information content (AvgIpc) is 2.66. The highest BCUT2D eigenvalue weighted by atomic mass is 16.2. The maximum Gasteiger partial charge on any atom is 0.274 e. The smallest absolute Gasteiger partial charge is 0.274 e. The van der Waals surface area contributed by atoms with Crippen molar-refractivity contribution in [1.82, 2.24) is 4.98 Å². The molecule has 0 saturated heterocycles. The summed E-state index contributed by atoms with van der Waals surface area (Å²) in [6.07, 6.45) is 1.61. The molecule has 0 aliphatic carbocycles. The van der Waals surface area contributed by atoms with Gasteiger partial charge in [-0.05, 0) is 74.4 Å². The molecule has 0 atom stereocenters. The average molecular weight is 359 g/mol. The Morgan fingerprint density at radius 2 is 1.59 bits per heavy atom. The minimum atomic E-state index is -0.249. The molecule has 2 aromatic carbocycles. The van der Waals surface area contributed by atoms with Gasteiger partial charge in [-0.2, -0.15) is 0 Å². The fourth-order valence-electron chi connectivity index (χ4n) is 2.63. The van der Waals surface area contributed by atoms with Crippen LogP contribution < -0.4 is 10.6 Å². The zero-order valence-corrected chi connectivity index (χ0v) is 15.5. The van der Waals surface area contributed by atoms with Gasteiger partial charge in [-0.3, -0.25) is 9.59 Å². The van der Waals surface area contributed by atoms with Crippen molar-refractivity contribution < 1.29 is 9.59 Å². The number of amides is 1. The van der Waals surface area contributed by atoms with E-state index in [1.54, 1.807) is 30.5 Å². The van der Waals surface area contributed by atoms with E-state index in [4.69, 9.17) is 0 Å². The summed E-state index contributed by atoms with van der Waals surface area (Å²) in [5.41, 5.74) is 5.55. The molecule has 0 radical (unpaired) electrons. The highest BCUT2D eigenvalue weighted by Crippen LogP contribution is 2.20. The van der Waals surface area contributed by atoms with E-state index in [1.165, 1.54) is 6.92 Å². The first-order chi connectivity index (χ1) is 12.9. The summed E-state index contributed by atoms with van der Waals surface area (Å²) in [4.78, 5) is 28.0. The molecule has 5 nitrogen and oxygen atoms in total.